The molecule has 0 fully saturated rings. The third-order valence-electron chi connectivity index (χ3n) is 5.87. The summed E-state index contributed by atoms with van der Waals surface area (Å²) < 4.78 is 31.5. The van der Waals surface area contributed by atoms with Crippen LogP contribution in [-0.2, 0) is 20.9 Å². The summed E-state index contributed by atoms with van der Waals surface area (Å²) in [5, 5.41) is 0. The summed E-state index contributed by atoms with van der Waals surface area (Å²) in [5.41, 5.74) is 6.43. The Bertz CT molecular complexity index is 1000. The quantitative estimate of drug-likeness (QED) is 0.432. The number of rotatable bonds is 3. The van der Waals surface area contributed by atoms with Crippen LogP contribution in [0.4, 0.5) is 0 Å². The van der Waals surface area contributed by atoms with Crippen LogP contribution >= 0.6 is 0 Å². The van der Waals surface area contributed by atoms with Crippen LogP contribution in [0.3, 0.4) is 0 Å². The van der Waals surface area contributed by atoms with Crippen LogP contribution < -0.4 is 0 Å². The summed E-state index contributed by atoms with van der Waals surface area (Å²) in [6, 6.07) is 13.0. The number of benzene rings is 2. The van der Waals surface area contributed by atoms with Gasteiger partial charge in [0.15, 0.2) is 0 Å². The molecule has 0 saturated carbocycles. The van der Waals surface area contributed by atoms with Crippen molar-refractivity contribution in [2.75, 3.05) is 0 Å². The number of hydrogen-bond acceptors (Lipinski definition) is 2. The Morgan fingerprint density at radius 3 is 2.00 bits per heavy atom. The van der Waals surface area contributed by atoms with E-state index >= 15 is 0 Å². The Labute approximate surface area is 191 Å². The first-order valence-corrected chi connectivity index (χ1v) is 10.8. The van der Waals surface area contributed by atoms with E-state index in [9.17, 15) is 8.42 Å². The molecule has 1 aliphatic carbocycles. The molecule has 146 valence electrons. The van der Waals surface area contributed by atoms with Gasteiger partial charge in [0.25, 0.3) is 10.1 Å². The molecule has 3 rings (SSSR count). The molecule has 0 aliphatic heterocycles. The predicted octanol–water partition coefficient (Wildman–Crippen LogP) is 5.19. The van der Waals surface area contributed by atoms with Crippen molar-refractivity contribution in [1.82, 2.24) is 0 Å². The van der Waals surface area contributed by atoms with Gasteiger partial charge in [0.1, 0.15) is 0 Å². The summed E-state index contributed by atoms with van der Waals surface area (Å²) in [5.74, 6) is 0. The zero-order chi connectivity index (χ0) is 20.0. The zero-order valence-corrected chi connectivity index (χ0v) is 17.5. The fourth-order valence-electron chi connectivity index (χ4n) is 3.90. The van der Waals surface area contributed by atoms with Crippen molar-refractivity contribution in [1.29, 1.82) is 0 Å². The Morgan fingerprint density at radius 2 is 1.46 bits per heavy atom. The van der Waals surface area contributed by atoms with Crippen molar-refractivity contribution in [3.05, 3.63) is 64.7 Å². The van der Waals surface area contributed by atoms with Crippen molar-refractivity contribution in [3.63, 3.8) is 0 Å². The van der Waals surface area contributed by atoms with E-state index in [-0.39, 0.29) is 45.3 Å². The molecular weight excluding hydrogens is 379 g/mol. The van der Waals surface area contributed by atoms with E-state index in [0.717, 1.165) is 11.1 Å². The van der Waals surface area contributed by atoms with Crippen LogP contribution in [0.5, 0.6) is 0 Å². The van der Waals surface area contributed by atoms with E-state index in [0.29, 0.717) is 0 Å². The van der Waals surface area contributed by atoms with Crippen LogP contribution in [-0.4, -0.2) is 42.5 Å². The number of hydrogen-bond donors (Lipinski definition) is 1. The number of fused-ring (bicyclic) bond motifs is 1. The van der Waals surface area contributed by atoms with Crippen LogP contribution in [0.1, 0.15) is 69.7 Å². The SMILES string of the molecule is CC(=Cc1ccc(S(=O)(=O)O)cc1)c1ccc2c(c1)C(C)(C)CCC2(C)C.[NaH]. The maximum absolute atomic E-state index is 11.2. The zero-order valence-electron chi connectivity index (χ0n) is 16.7. The van der Waals surface area contributed by atoms with Crippen LogP contribution in [0, 0.1) is 0 Å². The molecular formula is C23H29NaO3S. The average molecular weight is 409 g/mol. The first kappa shape index (κ1) is 23.4. The van der Waals surface area contributed by atoms with Crippen LogP contribution in [0.2, 0.25) is 0 Å². The van der Waals surface area contributed by atoms with Gasteiger partial charge < -0.3 is 0 Å². The van der Waals surface area contributed by atoms with Gasteiger partial charge in [-0.05, 0) is 70.6 Å². The van der Waals surface area contributed by atoms with E-state index in [1.807, 2.05) is 6.08 Å². The molecule has 1 aliphatic rings. The van der Waals surface area contributed by atoms with Crippen LogP contribution in [0.25, 0.3) is 11.6 Å². The Hall–Kier alpha value is -0.910. The summed E-state index contributed by atoms with van der Waals surface area (Å²) in [4.78, 5) is -0.0879. The monoisotopic (exact) mass is 408 g/mol. The van der Waals surface area contributed by atoms with Gasteiger partial charge in [-0.15, -0.1) is 0 Å². The molecule has 0 unspecified atom stereocenters. The molecule has 0 saturated heterocycles. The van der Waals surface area contributed by atoms with Gasteiger partial charge in [-0.25, -0.2) is 0 Å². The molecule has 0 bridgehead atoms. The Morgan fingerprint density at radius 1 is 0.929 bits per heavy atom. The first-order valence-electron chi connectivity index (χ1n) is 9.31. The molecule has 2 aromatic rings. The van der Waals surface area contributed by atoms with Gasteiger partial charge in [-0.3, -0.25) is 4.55 Å². The third-order valence-corrected chi connectivity index (χ3v) is 6.74. The normalized spacial score (nSPS) is 18.1. The average Bonchev–Trinajstić information content (AvgIpc) is 2.58. The van der Waals surface area contributed by atoms with Crippen molar-refractivity contribution in [2.45, 2.75) is 63.2 Å². The summed E-state index contributed by atoms with van der Waals surface area (Å²) >= 11 is 0. The molecule has 5 heteroatoms. The summed E-state index contributed by atoms with van der Waals surface area (Å²) in [7, 11) is -4.16. The van der Waals surface area contributed by atoms with Crippen molar-refractivity contribution < 1.29 is 13.0 Å². The second-order valence-electron chi connectivity index (χ2n) is 8.90. The van der Waals surface area contributed by atoms with Crippen molar-refractivity contribution in [3.8, 4) is 0 Å². The summed E-state index contributed by atoms with van der Waals surface area (Å²) in [6.45, 7) is 11.3. The number of allylic oxidation sites excluding steroid dienone is 1. The topological polar surface area (TPSA) is 54.4 Å². The fraction of sp³-hybridized carbons (Fsp3) is 0.391. The molecule has 0 aromatic heterocycles. The van der Waals surface area contributed by atoms with Crippen molar-refractivity contribution in [2.24, 2.45) is 0 Å². The molecule has 0 radical (unpaired) electrons. The third kappa shape index (κ3) is 4.80. The minimum absolute atomic E-state index is 0. The minimum atomic E-state index is -4.16. The van der Waals surface area contributed by atoms with E-state index < -0.39 is 10.1 Å². The van der Waals surface area contributed by atoms with Gasteiger partial charge in [0.2, 0.25) is 0 Å². The van der Waals surface area contributed by atoms with Gasteiger partial charge in [0.05, 0.1) is 4.90 Å². The Balaban J connectivity index is 0.00000280. The molecule has 28 heavy (non-hydrogen) atoms. The van der Waals surface area contributed by atoms with Crippen LogP contribution in [0.15, 0.2) is 47.4 Å². The van der Waals surface area contributed by atoms with Gasteiger partial charge in [-0.2, -0.15) is 8.42 Å². The predicted molar refractivity (Wildman–Crippen MR) is 119 cm³/mol. The van der Waals surface area contributed by atoms with Gasteiger partial charge in [0, 0.05) is 0 Å². The molecule has 0 atom stereocenters. The Kier molecular flexibility index (Phi) is 6.74. The molecule has 0 heterocycles. The second-order valence-corrected chi connectivity index (χ2v) is 10.3. The van der Waals surface area contributed by atoms with E-state index in [1.165, 1.54) is 41.7 Å². The summed E-state index contributed by atoms with van der Waals surface area (Å²) in [6.07, 6.45) is 4.41. The molecule has 3 nitrogen and oxygen atoms in total. The molecule has 0 spiro atoms. The molecule has 0 amide bonds. The first-order chi connectivity index (χ1) is 12.4. The van der Waals surface area contributed by atoms with Crippen molar-refractivity contribution >= 4 is 51.3 Å². The van der Waals surface area contributed by atoms with E-state index in [2.05, 4.69) is 52.8 Å². The standard InChI is InChI=1S/C23H28O3S.Na.H/c1-16(14-17-6-9-19(10-7-17)27(24,25)26)18-8-11-20-21(15-18)23(4,5)13-12-22(20,2)3;;/h6-11,14-15H,12-13H2,1-5H3,(H,24,25,26);;. The fourth-order valence-corrected chi connectivity index (χ4v) is 4.38. The van der Waals surface area contributed by atoms with Gasteiger partial charge in [-0.1, -0.05) is 64.1 Å². The molecule has 1 N–H and O–H groups in total. The molecule has 2 aromatic carbocycles. The van der Waals surface area contributed by atoms with Gasteiger partial charge >= 0.3 is 29.6 Å². The van der Waals surface area contributed by atoms with E-state index in [1.54, 1.807) is 12.1 Å². The second kappa shape index (κ2) is 8.08. The maximum atomic E-state index is 11.2. The van der Waals surface area contributed by atoms with E-state index in [4.69, 9.17) is 4.55 Å².